The summed E-state index contributed by atoms with van der Waals surface area (Å²) in [6, 6.07) is 0. The molecule has 1 fully saturated rings. The first-order valence-corrected chi connectivity index (χ1v) is 8.39. The van der Waals surface area contributed by atoms with Crippen molar-refractivity contribution in [2.75, 3.05) is 13.7 Å². The number of rotatable bonds is 9. The standard InChI is InChI=1S/C15H28N4O5/c1-3-4-5-6-16-7-10-8-19(18-17-10)9-11-12(20)13(21)14(22)15(23-2)24-11/h8,11-16,20-22H,3-7,9H2,1-2H3/t11-,12-,13+,14-,15+/m1/s1. The third-order valence-electron chi connectivity index (χ3n) is 4.12. The summed E-state index contributed by atoms with van der Waals surface area (Å²) in [5, 5.41) is 41.0. The molecular formula is C15H28N4O5. The Balaban J connectivity index is 1.84. The minimum Gasteiger partial charge on any atom is -0.388 e. The summed E-state index contributed by atoms with van der Waals surface area (Å²) in [7, 11) is 1.37. The van der Waals surface area contributed by atoms with Gasteiger partial charge in [-0.2, -0.15) is 0 Å². The fraction of sp³-hybridized carbons (Fsp3) is 0.867. The van der Waals surface area contributed by atoms with E-state index in [1.807, 2.05) is 0 Å². The van der Waals surface area contributed by atoms with Crippen LogP contribution < -0.4 is 5.32 Å². The number of methoxy groups -OCH3 is 1. The van der Waals surface area contributed by atoms with E-state index in [2.05, 4.69) is 22.6 Å². The predicted molar refractivity (Wildman–Crippen MR) is 84.9 cm³/mol. The van der Waals surface area contributed by atoms with Crippen LogP contribution in [0.1, 0.15) is 31.9 Å². The zero-order valence-corrected chi connectivity index (χ0v) is 14.2. The maximum absolute atomic E-state index is 10.0. The molecule has 1 aliphatic heterocycles. The number of nitrogens with one attached hydrogen (secondary N) is 1. The molecule has 2 heterocycles. The number of unbranched alkanes of at least 4 members (excludes halogenated alkanes) is 2. The summed E-state index contributed by atoms with van der Waals surface area (Å²) in [6.45, 7) is 3.93. The number of aliphatic hydroxyl groups excluding tert-OH is 3. The summed E-state index contributed by atoms with van der Waals surface area (Å²) in [5.41, 5.74) is 0.792. The fourth-order valence-corrected chi connectivity index (χ4v) is 2.67. The van der Waals surface area contributed by atoms with Gasteiger partial charge in [0.15, 0.2) is 6.29 Å². The van der Waals surface area contributed by atoms with E-state index in [1.165, 1.54) is 20.0 Å². The molecule has 0 saturated carbocycles. The van der Waals surface area contributed by atoms with Gasteiger partial charge in [-0.1, -0.05) is 25.0 Å². The lowest BCUT2D eigenvalue weighted by atomic mass is 9.99. The zero-order chi connectivity index (χ0) is 17.5. The molecular weight excluding hydrogens is 316 g/mol. The number of aliphatic hydroxyl groups is 3. The topological polar surface area (TPSA) is 122 Å². The van der Waals surface area contributed by atoms with Crippen molar-refractivity contribution in [2.45, 2.75) is 70.0 Å². The average Bonchev–Trinajstić information content (AvgIpc) is 3.02. The molecule has 1 aromatic heterocycles. The quantitative estimate of drug-likeness (QED) is 0.421. The summed E-state index contributed by atoms with van der Waals surface area (Å²) in [5.74, 6) is 0. The van der Waals surface area contributed by atoms with Gasteiger partial charge >= 0.3 is 0 Å². The van der Waals surface area contributed by atoms with Crippen LogP contribution >= 0.6 is 0 Å². The summed E-state index contributed by atoms with van der Waals surface area (Å²) >= 11 is 0. The number of nitrogens with zero attached hydrogens (tertiary/aromatic N) is 3. The molecule has 1 aromatic rings. The molecule has 0 aliphatic carbocycles. The maximum atomic E-state index is 10.0. The number of ether oxygens (including phenoxy) is 2. The van der Waals surface area contributed by atoms with Crippen molar-refractivity contribution in [1.82, 2.24) is 20.3 Å². The molecule has 2 rings (SSSR count). The summed E-state index contributed by atoms with van der Waals surface area (Å²) in [6.07, 6.45) is -0.316. The molecule has 9 nitrogen and oxygen atoms in total. The van der Waals surface area contributed by atoms with Crippen molar-refractivity contribution in [3.8, 4) is 0 Å². The van der Waals surface area contributed by atoms with Crippen LogP contribution in [-0.4, -0.2) is 74.7 Å². The molecule has 1 aliphatic rings. The second kappa shape index (κ2) is 9.40. The Kier molecular flexibility index (Phi) is 7.53. The fourth-order valence-electron chi connectivity index (χ4n) is 2.67. The van der Waals surface area contributed by atoms with Gasteiger partial charge in [0.05, 0.1) is 12.2 Å². The third kappa shape index (κ3) is 4.95. The first kappa shape index (κ1) is 19.2. The molecule has 1 saturated heterocycles. The second-order valence-corrected chi connectivity index (χ2v) is 6.07. The zero-order valence-electron chi connectivity index (χ0n) is 14.2. The van der Waals surface area contributed by atoms with Gasteiger partial charge in [0.1, 0.15) is 24.4 Å². The maximum Gasteiger partial charge on any atom is 0.186 e. The first-order valence-electron chi connectivity index (χ1n) is 8.39. The van der Waals surface area contributed by atoms with Crippen molar-refractivity contribution in [3.05, 3.63) is 11.9 Å². The normalized spacial score (nSPS) is 30.6. The van der Waals surface area contributed by atoms with Crippen LogP contribution in [0.25, 0.3) is 0 Å². The summed E-state index contributed by atoms with van der Waals surface area (Å²) < 4.78 is 12.0. The van der Waals surface area contributed by atoms with Crippen molar-refractivity contribution in [1.29, 1.82) is 0 Å². The van der Waals surface area contributed by atoms with E-state index in [0.717, 1.165) is 18.7 Å². The Bertz CT molecular complexity index is 484. The highest BCUT2D eigenvalue weighted by atomic mass is 16.7. The van der Waals surface area contributed by atoms with E-state index in [-0.39, 0.29) is 6.54 Å². The highest BCUT2D eigenvalue weighted by Gasteiger charge is 2.44. The molecule has 4 N–H and O–H groups in total. The Morgan fingerprint density at radius 2 is 2.04 bits per heavy atom. The van der Waals surface area contributed by atoms with Crippen LogP contribution in [0.2, 0.25) is 0 Å². The van der Waals surface area contributed by atoms with E-state index in [4.69, 9.17) is 9.47 Å². The minimum atomic E-state index is -1.34. The van der Waals surface area contributed by atoms with Gasteiger partial charge in [-0.05, 0) is 13.0 Å². The van der Waals surface area contributed by atoms with E-state index in [9.17, 15) is 15.3 Å². The Morgan fingerprint density at radius 1 is 1.25 bits per heavy atom. The molecule has 0 bridgehead atoms. The van der Waals surface area contributed by atoms with E-state index in [0.29, 0.717) is 6.54 Å². The second-order valence-electron chi connectivity index (χ2n) is 6.07. The van der Waals surface area contributed by atoms with Crippen LogP contribution in [0, 0.1) is 0 Å². The first-order chi connectivity index (χ1) is 11.6. The molecule has 0 unspecified atom stereocenters. The largest absolute Gasteiger partial charge is 0.388 e. The minimum absolute atomic E-state index is 0.202. The van der Waals surface area contributed by atoms with Crippen molar-refractivity contribution >= 4 is 0 Å². The molecule has 0 spiro atoms. The molecule has 5 atom stereocenters. The number of hydrogen-bond donors (Lipinski definition) is 4. The van der Waals surface area contributed by atoms with Gasteiger partial charge < -0.3 is 30.1 Å². The van der Waals surface area contributed by atoms with E-state index < -0.39 is 30.7 Å². The molecule has 0 aromatic carbocycles. The average molecular weight is 344 g/mol. The Labute approximate surface area is 141 Å². The van der Waals surface area contributed by atoms with Gasteiger partial charge in [0, 0.05) is 19.9 Å². The van der Waals surface area contributed by atoms with Gasteiger partial charge in [-0.25, -0.2) is 4.68 Å². The van der Waals surface area contributed by atoms with Crippen LogP contribution in [0.3, 0.4) is 0 Å². The molecule has 24 heavy (non-hydrogen) atoms. The van der Waals surface area contributed by atoms with Gasteiger partial charge in [0.25, 0.3) is 0 Å². The van der Waals surface area contributed by atoms with Gasteiger partial charge in [0.2, 0.25) is 0 Å². The van der Waals surface area contributed by atoms with E-state index in [1.54, 1.807) is 10.9 Å². The highest BCUT2D eigenvalue weighted by Crippen LogP contribution is 2.22. The SMILES string of the molecule is CCCCCNCc1cn(C[C@H]2O[C@H](OC)[C@H](O)[C@@H](O)[C@@H]2O)nn1. The lowest BCUT2D eigenvalue weighted by Gasteiger charge is -2.39. The summed E-state index contributed by atoms with van der Waals surface area (Å²) in [4.78, 5) is 0. The molecule has 0 radical (unpaired) electrons. The van der Waals surface area contributed by atoms with Crippen LogP contribution in [-0.2, 0) is 22.6 Å². The van der Waals surface area contributed by atoms with Crippen molar-refractivity contribution in [2.24, 2.45) is 0 Å². The Hall–Kier alpha value is -1.10. The van der Waals surface area contributed by atoms with E-state index >= 15 is 0 Å². The lowest BCUT2D eigenvalue weighted by molar-refractivity contribution is -0.292. The lowest BCUT2D eigenvalue weighted by Crippen LogP contribution is -2.58. The van der Waals surface area contributed by atoms with Gasteiger partial charge in [-0.3, -0.25) is 0 Å². The van der Waals surface area contributed by atoms with Crippen LogP contribution in [0.5, 0.6) is 0 Å². The molecule has 0 amide bonds. The van der Waals surface area contributed by atoms with Crippen LogP contribution in [0.4, 0.5) is 0 Å². The monoisotopic (exact) mass is 344 g/mol. The highest BCUT2D eigenvalue weighted by molar-refractivity contribution is 4.94. The smallest absolute Gasteiger partial charge is 0.186 e. The third-order valence-corrected chi connectivity index (χ3v) is 4.12. The number of aromatic nitrogens is 3. The Morgan fingerprint density at radius 3 is 2.75 bits per heavy atom. The number of hydrogen-bond acceptors (Lipinski definition) is 8. The molecule has 9 heteroatoms. The predicted octanol–water partition coefficient (Wildman–Crippen LogP) is -0.988. The van der Waals surface area contributed by atoms with Crippen molar-refractivity contribution in [3.63, 3.8) is 0 Å². The van der Waals surface area contributed by atoms with Gasteiger partial charge in [-0.15, -0.1) is 5.10 Å². The molecule has 138 valence electrons. The van der Waals surface area contributed by atoms with Crippen LogP contribution in [0.15, 0.2) is 6.20 Å². The van der Waals surface area contributed by atoms with Crippen molar-refractivity contribution < 1.29 is 24.8 Å².